The van der Waals surface area contributed by atoms with E-state index in [0.717, 1.165) is 6.07 Å². The second kappa shape index (κ2) is 5.80. The predicted molar refractivity (Wildman–Crippen MR) is 56.4 cm³/mol. The van der Waals surface area contributed by atoms with Crippen molar-refractivity contribution in [1.82, 2.24) is 0 Å². The summed E-state index contributed by atoms with van der Waals surface area (Å²) in [5, 5.41) is 17.1. The third kappa shape index (κ3) is 3.72. The normalized spacial score (nSPS) is 9.71. The van der Waals surface area contributed by atoms with Crippen LogP contribution in [0.5, 0.6) is 0 Å². The number of hydrogen-bond donors (Lipinski definition) is 1. The van der Waals surface area contributed by atoms with Gasteiger partial charge in [-0.05, 0) is 12.1 Å². The summed E-state index contributed by atoms with van der Waals surface area (Å²) in [6.07, 6.45) is -0.224. The van der Waals surface area contributed by atoms with E-state index in [4.69, 9.17) is 10.4 Å². The van der Waals surface area contributed by atoms with Gasteiger partial charge in [0, 0.05) is 12.6 Å². The van der Waals surface area contributed by atoms with Crippen molar-refractivity contribution in [1.29, 1.82) is 5.26 Å². The first-order valence-electron chi connectivity index (χ1n) is 4.83. The molecule has 0 atom stereocenters. The Hall–Kier alpha value is -2.16. The van der Waals surface area contributed by atoms with Gasteiger partial charge in [0.25, 0.3) is 0 Å². The van der Waals surface area contributed by atoms with Crippen molar-refractivity contribution in [2.45, 2.75) is 6.42 Å². The summed E-state index contributed by atoms with van der Waals surface area (Å²) in [5.41, 5.74) is 0.0224. The number of nitrogens with zero attached hydrogens (tertiary/aromatic N) is 2. The zero-order valence-electron chi connectivity index (χ0n) is 8.86. The summed E-state index contributed by atoms with van der Waals surface area (Å²) in [4.78, 5) is 11.7. The third-order valence-corrected chi connectivity index (χ3v) is 2.11. The van der Waals surface area contributed by atoms with Crippen LogP contribution >= 0.6 is 0 Å². The second-order valence-corrected chi connectivity index (χ2v) is 3.32. The largest absolute Gasteiger partial charge is 0.481 e. The Morgan fingerprint density at radius 3 is 2.71 bits per heavy atom. The Bertz CT molecular complexity index is 457. The minimum absolute atomic E-state index is 0.00849. The Balaban J connectivity index is 2.89. The van der Waals surface area contributed by atoms with E-state index >= 15 is 0 Å². The van der Waals surface area contributed by atoms with Gasteiger partial charge in [0.15, 0.2) is 0 Å². The van der Waals surface area contributed by atoms with Gasteiger partial charge in [-0.3, -0.25) is 4.79 Å². The molecule has 0 heterocycles. The number of rotatable bonds is 5. The lowest BCUT2D eigenvalue weighted by Crippen LogP contribution is -2.27. The summed E-state index contributed by atoms with van der Waals surface area (Å²) in [6, 6.07) is 4.74. The molecule has 0 saturated carbocycles. The molecule has 0 amide bonds. The van der Waals surface area contributed by atoms with Crippen LogP contribution in [0.1, 0.15) is 6.42 Å². The molecule has 1 aromatic carbocycles. The van der Waals surface area contributed by atoms with E-state index in [1.807, 2.05) is 0 Å². The fourth-order valence-electron chi connectivity index (χ4n) is 1.34. The number of benzene rings is 1. The first kappa shape index (κ1) is 12.9. The molecule has 1 N–H and O–H groups in total. The van der Waals surface area contributed by atoms with E-state index in [2.05, 4.69) is 0 Å². The van der Waals surface area contributed by atoms with Gasteiger partial charge in [0.1, 0.15) is 18.2 Å². The molecule has 90 valence electrons. The van der Waals surface area contributed by atoms with Gasteiger partial charge in [-0.15, -0.1) is 0 Å². The van der Waals surface area contributed by atoms with Crippen molar-refractivity contribution in [2.75, 3.05) is 18.0 Å². The van der Waals surface area contributed by atoms with Gasteiger partial charge in [0.05, 0.1) is 18.2 Å². The maximum absolute atomic E-state index is 13.4. The Labute approximate surface area is 96.7 Å². The van der Waals surface area contributed by atoms with Crippen LogP contribution in [-0.2, 0) is 4.79 Å². The minimum Gasteiger partial charge on any atom is -0.481 e. The van der Waals surface area contributed by atoms with E-state index in [-0.39, 0.29) is 25.2 Å². The van der Waals surface area contributed by atoms with Crippen LogP contribution in [0, 0.1) is 23.0 Å². The number of carboxylic acids is 1. The summed E-state index contributed by atoms with van der Waals surface area (Å²) in [7, 11) is 0. The molecule has 17 heavy (non-hydrogen) atoms. The molecule has 0 unspecified atom stereocenters. The average molecular weight is 240 g/mol. The minimum atomic E-state index is -1.05. The molecule has 0 aliphatic rings. The highest BCUT2D eigenvalue weighted by atomic mass is 19.1. The van der Waals surface area contributed by atoms with Gasteiger partial charge >= 0.3 is 5.97 Å². The van der Waals surface area contributed by atoms with E-state index in [0.29, 0.717) is 6.07 Å². The maximum Gasteiger partial charge on any atom is 0.305 e. The highest BCUT2D eigenvalue weighted by Gasteiger charge is 2.13. The van der Waals surface area contributed by atoms with Gasteiger partial charge < -0.3 is 10.0 Å². The van der Waals surface area contributed by atoms with Crippen LogP contribution in [-0.4, -0.2) is 24.2 Å². The number of aliphatic carboxylic acids is 1. The summed E-state index contributed by atoms with van der Waals surface area (Å²) in [5.74, 6) is -2.58. The van der Waals surface area contributed by atoms with Crippen LogP contribution in [0.4, 0.5) is 14.5 Å². The maximum atomic E-state index is 13.4. The first-order chi connectivity index (χ1) is 8.04. The van der Waals surface area contributed by atoms with E-state index in [1.54, 1.807) is 6.07 Å². The predicted octanol–water partition coefficient (Wildman–Crippen LogP) is 1.77. The smallest absolute Gasteiger partial charge is 0.305 e. The van der Waals surface area contributed by atoms with Crippen LogP contribution in [0.2, 0.25) is 0 Å². The van der Waals surface area contributed by atoms with Gasteiger partial charge in [-0.2, -0.15) is 5.26 Å². The number of carboxylic acid groups (broad SMARTS) is 1. The molecule has 0 aromatic heterocycles. The molecule has 0 saturated heterocycles. The molecule has 1 aromatic rings. The van der Waals surface area contributed by atoms with Crippen molar-refractivity contribution in [3.8, 4) is 6.07 Å². The van der Waals surface area contributed by atoms with E-state index < -0.39 is 17.6 Å². The Kier molecular flexibility index (Phi) is 4.40. The molecular formula is C11H10F2N2O2. The van der Waals surface area contributed by atoms with Crippen LogP contribution < -0.4 is 4.90 Å². The highest BCUT2D eigenvalue weighted by molar-refractivity contribution is 5.67. The number of nitriles is 1. The fraction of sp³-hybridized carbons (Fsp3) is 0.273. The highest BCUT2D eigenvalue weighted by Crippen LogP contribution is 2.20. The van der Waals surface area contributed by atoms with Crippen molar-refractivity contribution in [3.63, 3.8) is 0 Å². The van der Waals surface area contributed by atoms with E-state index in [1.165, 1.54) is 11.0 Å². The lowest BCUT2D eigenvalue weighted by atomic mass is 10.2. The van der Waals surface area contributed by atoms with Crippen LogP contribution in [0.3, 0.4) is 0 Å². The fourth-order valence-corrected chi connectivity index (χ4v) is 1.34. The van der Waals surface area contributed by atoms with Crippen LogP contribution in [0.15, 0.2) is 18.2 Å². The molecule has 0 aliphatic carbocycles. The molecular weight excluding hydrogens is 230 g/mol. The molecule has 0 radical (unpaired) electrons. The van der Waals surface area contributed by atoms with Crippen molar-refractivity contribution in [2.24, 2.45) is 0 Å². The number of halogens is 2. The molecule has 4 nitrogen and oxygen atoms in total. The number of carbonyl (C=O) groups is 1. The number of anilines is 1. The van der Waals surface area contributed by atoms with Crippen molar-refractivity contribution < 1.29 is 18.7 Å². The van der Waals surface area contributed by atoms with Gasteiger partial charge in [-0.25, -0.2) is 8.78 Å². The van der Waals surface area contributed by atoms with Crippen LogP contribution in [0.25, 0.3) is 0 Å². The van der Waals surface area contributed by atoms with Gasteiger partial charge in [-0.1, -0.05) is 0 Å². The molecule has 0 fully saturated rings. The quantitative estimate of drug-likeness (QED) is 0.796. The Morgan fingerprint density at radius 1 is 1.47 bits per heavy atom. The summed E-state index contributed by atoms with van der Waals surface area (Å²) in [6.45, 7) is -0.165. The van der Waals surface area contributed by atoms with Crippen molar-refractivity contribution >= 4 is 11.7 Å². The van der Waals surface area contributed by atoms with E-state index in [9.17, 15) is 13.6 Å². The molecule has 0 bridgehead atoms. The lowest BCUT2D eigenvalue weighted by Gasteiger charge is -2.21. The molecule has 0 aliphatic heterocycles. The molecule has 6 heteroatoms. The summed E-state index contributed by atoms with van der Waals surface area (Å²) < 4.78 is 26.1. The van der Waals surface area contributed by atoms with Gasteiger partial charge in [0.2, 0.25) is 0 Å². The molecule has 1 rings (SSSR count). The average Bonchev–Trinajstić information content (AvgIpc) is 2.24. The summed E-state index contributed by atoms with van der Waals surface area (Å²) >= 11 is 0. The zero-order chi connectivity index (χ0) is 12.8. The molecule has 0 spiro atoms. The Morgan fingerprint density at radius 2 is 2.18 bits per heavy atom. The zero-order valence-corrected chi connectivity index (χ0v) is 8.86. The third-order valence-electron chi connectivity index (χ3n) is 2.11. The lowest BCUT2D eigenvalue weighted by molar-refractivity contribution is -0.136. The second-order valence-electron chi connectivity index (χ2n) is 3.32. The number of hydrogen-bond acceptors (Lipinski definition) is 3. The monoisotopic (exact) mass is 240 g/mol. The first-order valence-corrected chi connectivity index (χ1v) is 4.83. The standard InChI is InChI=1S/C11H10F2N2O2/c12-8-1-2-10(9(13)7-8)15(6-4-14)5-3-11(16)17/h1-2,7H,3,5-6H2,(H,16,17). The SMILES string of the molecule is N#CCN(CCC(=O)O)c1ccc(F)cc1F. The topological polar surface area (TPSA) is 64.3 Å². The van der Waals surface area contributed by atoms with Crippen molar-refractivity contribution in [3.05, 3.63) is 29.8 Å².